The first-order chi connectivity index (χ1) is 8.79. The summed E-state index contributed by atoms with van der Waals surface area (Å²) in [6.07, 6.45) is 3.42. The number of hydrogen-bond donors (Lipinski definition) is 1. The number of fused-ring (bicyclic) bond motifs is 2. The molecule has 92 valence electrons. The van der Waals surface area contributed by atoms with Crippen LogP contribution in [0.2, 0.25) is 0 Å². The van der Waals surface area contributed by atoms with Gasteiger partial charge < -0.3 is 5.32 Å². The van der Waals surface area contributed by atoms with Crippen LogP contribution in [0.1, 0.15) is 30.0 Å². The molecule has 2 nitrogen and oxygen atoms in total. The molecule has 0 saturated heterocycles. The molecule has 1 heterocycles. The molecule has 0 amide bonds. The lowest BCUT2D eigenvalue weighted by Crippen LogP contribution is -2.27. The highest BCUT2D eigenvalue weighted by molar-refractivity contribution is 7.80. The molecule has 1 unspecified atom stereocenters. The van der Waals surface area contributed by atoms with E-state index >= 15 is 0 Å². The molecule has 0 radical (unpaired) electrons. The molecule has 3 heteroatoms. The topological polar surface area (TPSA) is 24.9 Å². The third-order valence-electron chi connectivity index (χ3n) is 3.67. The van der Waals surface area contributed by atoms with Gasteiger partial charge in [-0.2, -0.15) is 0 Å². The number of benzene rings is 1. The zero-order valence-electron chi connectivity index (χ0n) is 10.4. The first kappa shape index (κ1) is 11.6. The van der Waals surface area contributed by atoms with E-state index in [-0.39, 0.29) is 0 Å². The smallest absolute Gasteiger partial charge is 0.0842 e. The van der Waals surface area contributed by atoms with Crippen LogP contribution in [0.5, 0.6) is 0 Å². The van der Waals surface area contributed by atoms with Gasteiger partial charge in [-0.15, -0.1) is 0 Å². The molecule has 1 aliphatic carbocycles. The van der Waals surface area contributed by atoms with Crippen LogP contribution >= 0.6 is 12.2 Å². The van der Waals surface area contributed by atoms with Crippen LogP contribution in [0.25, 0.3) is 10.9 Å². The molecule has 0 spiro atoms. The minimum Gasteiger partial charge on any atom is -0.382 e. The molecule has 1 aromatic carbocycles. The van der Waals surface area contributed by atoms with Crippen LogP contribution in [0.3, 0.4) is 0 Å². The van der Waals surface area contributed by atoms with Crippen molar-refractivity contribution in [3.63, 3.8) is 0 Å². The highest BCUT2D eigenvalue weighted by Gasteiger charge is 2.25. The fourth-order valence-corrected chi connectivity index (χ4v) is 2.97. The second-order valence-electron chi connectivity index (χ2n) is 4.78. The molecule has 1 N–H and O–H groups in total. The molecule has 2 aromatic rings. The van der Waals surface area contributed by atoms with Crippen molar-refractivity contribution in [1.29, 1.82) is 0 Å². The molecule has 1 atom stereocenters. The number of nitrogens with zero attached hydrogens (tertiary/aromatic N) is 1. The Labute approximate surface area is 112 Å². The van der Waals surface area contributed by atoms with Gasteiger partial charge in [0.25, 0.3) is 0 Å². The first-order valence-electron chi connectivity index (χ1n) is 6.40. The minimum absolute atomic E-state index is 0.290. The summed E-state index contributed by atoms with van der Waals surface area (Å²) in [6.45, 7) is 0. The van der Waals surface area contributed by atoms with Gasteiger partial charge in [0.05, 0.1) is 22.1 Å². The summed E-state index contributed by atoms with van der Waals surface area (Å²) in [5.41, 5.74) is 3.61. The summed E-state index contributed by atoms with van der Waals surface area (Å²) in [7, 11) is 1.90. The molecule has 0 bridgehead atoms. The van der Waals surface area contributed by atoms with Gasteiger partial charge in [0.2, 0.25) is 0 Å². The van der Waals surface area contributed by atoms with Crippen molar-refractivity contribution in [2.24, 2.45) is 0 Å². The van der Waals surface area contributed by atoms with Crippen LogP contribution < -0.4 is 5.32 Å². The van der Waals surface area contributed by atoms with Gasteiger partial charge in [0.15, 0.2) is 0 Å². The number of aromatic nitrogens is 1. The van der Waals surface area contributed by atoms with Gasteiger partial charge in [-0.25, -0.2) is 0 Å². The quantitative estimate of drug-likeness (QED) is 0.793. The van der Waals surface area contributed by atoms with E-state index in [1.807, 2.05) is 13.1 Å². The number of aryl methyl sites for hydroxylation is 1. The number of nitrogens with one attached hydrogen (secondary N) is 1. The predicted octanol–water partition coefficient (Wildman–Crippen LogP) is 3.20. The molecule has 0 aliphatic heterocycles. The van der Waals surface area contributed by atoms with Crippen LogP contribution in [0.15, 0.2) is 30.3 Å². The lowest BCUT2D eigenvalue weighted by molar-refractivity contribution is 0.631. The van der Waals surface area contributed by atoms with Crippen molar-refractivity contribution in [1.82, 2.24) is 10.3 Å². The molecular weight excluding hydrogens is 240 g/mol. The highest BCUT2D eigenvalue weighted by Crippen LogP contribution is 2.32. The number of thiocarbonyl (C=S) groups is 1. The molecule has 1 aromatic heterocycles. The zero-order valence-corrected chi connectivity index (χ0v) is 11.3. The summed E-state index contributed by atoms with van der Waals surface area (Å²) in [5.74, 6) is 0.290. The fraction of sp³-hybridized carbons (Fsp3) is 0.333. The fourth-order valence-electron chi connectivity index (χ4n) is 2.74. The van der Waals surface area contributed by atoms with Crippen molar-refractivity contribution in [3.8, 4) is 0 Å². The van der Waals surface area contributed by atoms with Crippen molar-refractivity contribution < 1.29 is 0 Å². The number of para-hydroxylation sites is 1. The van der Waals surface area contributed by atoms with Gasteiger partial charge in [-0.1, -0.05) is 30.4 Å². The van der Waals surface area contributed by atoms with E-state index in [1.165, 1.54) is 23.1 Å². The molecular formula is C15H16N2S. The summed E-state index contributed by atoms with van der Waals surface area (Å²) >= 11 is 5.42. The summed E-state index contributed by atoms with van der Waals surface area (Å²) in [4.78, 5) is 5.75. The van der Waals surface area contributed by atoms with Crippen LogP contribution in [-0.4, -0.2) is 17.0 Å². The van der Waals surface area contributed by atoms with Crippen molar-refractivity contribution in [3.05, 3.63) is 41.6 Å². The van der Waals surface area contributed by atoms with Gasteiger partial charge in [-0.3, -0.25) is 4.98 Å². The SMILES string of the molecule is CNC(=S)C1CCCc2cc3ccccc3nc21. The second kappa shape index (κ2) is 4.65. The maximum absolute atomic E-state index is 5.42. The van der Waals surface area contributed by atoms with Crippen molar-refractivity contribution in [2.75, 3.05) is 7.05 Å². The van der Waals surface area contributed by atoms with Crippen LogP contribution in [0, 0.1) is 0 Å². The monoisotopic (exact) mass is 256 g/mol. The van der Waals surface area contributed by atoms with Gasteiger partial charge >= 0.3 is 0 Å². The van der Waals surface area contributed by atoms with Gasteiger partial charge in [0, 0.05) is 12.4 Å². The number of hydrogen-bond acceptors (Lipinski definition) is 2. The number of pyridine rings is 1. The Hall–Kier alpha value is -1.48. The Kier molecular flexibility index (Phi) is 3.00. The number of rotatable bonds is 1. The lowest BCUT2D eigenvalue weighted by Gasteiger charge is -2.25. The summed E-state index contributed by atoms with van der Waals surface area (Å²) < 4.78 is 0. The van der Waals surface area contributed by atoms with E-state index in [2.05, 4.69) is 29.6 Å². The van der Waals surface area contributed by atoms with E-state index in [0.717, 1.165) is 23.3 Å². The normalized spacial score (nSPS) is 18.4. The Bertz CT molecular complexity index is 606. The van der Waals surface area contributed by atoms with Crippen LogP contribution in [-0.2, 0) is 6.42 Å². The van der Waals surface area contributed by atoms with E-state index in [9.17, 15) is 0 Å². The Morgan fingerprint density at radius 1 is 1.39 bits per heavy atom. The molecule has 0 fully saturated rings. The Morgan fingerprint density at radius 3 is 3.06 bits per heavy atom. The van der Waals surface area contributed by atoms with Crippen LogP contribution in [0.4, 0.5) is 0 Å². The zero-order chi connectivity index (χ0) is 12.5. The largest absolute Gasteiger partial charge is 0.382 e. The molecule has 18 heavy (non-hydrogen) atoms. The predicted molar refractivity (Wildman–Crippen MR) is 79.1 cm³/mol. The first-order valence-corrected chi connectivity index (χ1v) is 6.80. The minimum atomic E-state index is 0.290. The summed E-state index contributed by atoms with van der Waals surface area (Å²) in [6, 6.07) is 10.6. The third-order valence-corrected chi connectivity index (χ3v) is 4.16. The van der Waals surface area contributed by atoms with Gasteiger partial charge in [0.1, 0.15) is 0 Å². The Morgan fingerprint density at radius 2 is 2.22 bits per heavy atom. The van der Waals surface area contributed by atoms with Crippen molar-refractivity contribution in [2.45, 2.75) is 25.2 Å². The maximum Gasteiger partial charge on any atom is 0.0842 e. The van der Waals surface area contributed by atoms with E-state index in [1.54, 1.807) is 0 Å². The molecule has 0 saturated carbocycles. The Balaban J connectivity index is 2.16. The second-order valence-corrected chi connectivity index (χ2v) is 5.22. The standard InChI is InChI=1S/C15H16N2S/c1-16-15(18)12-7-4-6-11-9-10-5-2-3-8-13(10)17-14(11)12/h2-3,5,8-9,12H,4,6-7H2,1H3,(H,16,18). The molecule has 1 aliphatic rings. The third kappa shape index (κ3) is 1.89. The maximum atomic E-state index is 5.42. The van der Waals surface area contributed by atoms with E-state index in [0.29, 0.717) is 5.92 Å². The molecule has 3 rings (SSSR count). The lowest BCUT2D eigenvalue weighted by atomic mass is 9.86. The van der Waals surface area contributed by atoms with Gasteiger partial charge in [-0.05, 0) is 37.0 Å². The average molecular weight is 256 g/mol. The highest BCUT2D eigenvalue weighted by atomic mass is 32.1. The van der Waals surface area contributed by atoms with E-state index < -0.39 is 0 Å². The summed E-state index contributed by atoms with van der Waals surface area (Å²) in [5, 5.41) is 4.34. The van der Waals surface area contributed by atoms with E-state index in [4.69, 9.17) is 17.2 Å². The average Bonchev–Trinajstić information content (AvgIpc) is 2.43. The van der Waals surface area contributed by atoms with Crippen molar-refractivity contribution >= 4 is 28.1 Å². The number of likely N-dealkylation sites (N-methyl/N-ethyl adjacent to an activating group) is 1.